The topological polar surface area (TPSA) is 113 Å². The van der Waals surface area contributed by atoms with E-state index in [1.54, 1.807) is 15.4 Å². The molecule has 4 heterocycles. The van der Waals surface area contributed by atoms with E-state index in [2.05, 4.69) is 20.2 Å². The number of unbranched alkanes of at least 4 members (excludes halogenated alkanes) is 1. The summed E-state index contributed by atoms with van der Waals surface area (Å²) in [5.74, 6) is 1.29. The van der Waals surface area contributed by atoms with Crippen molar-refractivity contribution in [1.29, 1.82) is 0 Å². The minimum Gasteiger partial charge on any atom is -0.339 e. The molecule has 0 saturated carbocycles. The SMILES string of the molecule is CCCCn1c2c(c(=O)n(CCCc3nc(Cn4cc(Cl)cn4)no3)c1=O)CC(Cl)=N2. The van der Waals surface area contributed by atoms with Gasteiger partial charge in [0.1, 0.15) is 17.5 Å². The summed E-state index contributed by atoms with van der Waals surface area (Å²) in [7, 11) is 0. The summed E-state index contributed by atoms with van der Waals surface area (Å²) in [6.07, 6.45) is 6.10. The molecule has 1 aliphatic rings. The fraction of sp³-hybridized carbons (Fsp3) is 0.474. The van der Waals surface area contributed by atoms with Crippen LogP contribution in [-0.4, -0.2) is 34.2 Å². The lowest BCUT2D eigenvalue weighted by molar-refractivity contribution is 0.364. The van der Waals surface area contributed by atoms with Crippen molar-refractivity contribution in [2.24, 2.45) is 4.99 Å². The molecule has 1 aliphatic heterocycles. The Morgan fingerprint density at radius 1 is 1.16 bits per heavy atom. The molecule has 31 heavy (non-hydrogen) atoms. The van der Waals surface area contributed by atoms with Crippen LogP contribution in [0.1, 0.15) is 43.5 Å². The van der Waals surface area contributed by atoms with Gasteiger partial charge in [-0.1, -0.05) is 41.7 Å². The van der Waals surface area contributed by atoms with Crippen LogP contribution in [0.2, 0.25) is 5.02 Å². The van der Waals surface area contributed by atoms with Crippen molar-refractivity contribution in [3.8, 4) is 0 Å². The van der Waals surface area contributed by atoms with Gasteiger partial charge in [0, 0.05) is 32.1 Å². The lowest BCUT2D eigenvalue weighted by atomic mass is 10.2. The van der Waals surface area contributed by atoms with E-state index in [1.807, 2.05) is 6.92 Å². The van der Waals surface area contributed by atoms with Crippen LogP contribution < -0.4 is 11.2 Å². The molecule has 10 nitrogen and oxygen atoms in total. The number of aromatic nitrogens is 6. The second-order valence-corrected chi connectivity index (χ2v) is 8.15. The Balaban J connectivity index is 1.46. The Bertz CT molecular complexity index is 1240. The quantitative estimate of drug-likeness (QED) is 0.479. The summed E-state index contributed by atoms with van der Waals surface area (Å²) in [6.45, 7) is 3.11. The van der Waals surface area contributed by atoms with Crippen molar-refractivity contribution in [3.63, 3.8) is 0 Å². The van der Waals surface area contributed by atoms with Crippen LogP contribution >= 0.6 is 23.2 Å². The van der Waals surface area contributed by atoms with Gasteiger partial charge in [0.25, 0.3) is 5.56 Å². The van der Waals surface area contributed by atoms with Crippen LogP contribution in [0, 0.1) is 0 Å². The summed E-state index contributed by atoms with van der Waals surface area (Å²) in [4.78, 5) is 34.4. The summed E-state index contributed by atoms with van der Waals surface area (Å²) in [5.41, 5.74) is -0.235. The first-order valence-corrected chi connectivity index (χ1v) is 10.8. The van der Waals surface area contributed by atoms with E-state index in [0.29, 0.717) is 59.2 Å². The lowest BCUT2D eigenvalue weighted by Gasteiger charge is -2.13. The van der Waals surface area contributed by atoms with Gasteiger partial charge >= 0.3 is 5.69 Å². The van der Waals surface area contributed by atoms with Crippen molar-refractivity contribution in [2.75, 3.05) is 0 Å². The van der Waals surface area contributed by atoms with E-state index in [1.165, 1.54) is 10.8 Å². The smallest absolute Gasteiger partial charge is 0.332 e. The molecule has 4 rings (SSSR count). The third-order valence-electron chi connectivity index (χ3n) is 4.96. The molecule has 12 heteroatoms. The lowest BCUT2D eigenvalue weighted by Crippen LogP contribution is -2.41. The molecule has 0 unspecified atom stereocenters. The molecule has 0 radical (unpaired) electrons. The van der Waals surface area contributed by atoms with Crippen LogP contribution in [0.4, 0.5) is 5.82 Å². The summed E-state index contributed by atoms with van der Waals surface area (Å²) >= 11 is 11.9. The largest absolute Gasteiger partial charge is 0.339 e. The highest BCUT2D eigenvalue weighted by molar-refractivity contribution is 6.66. The summed E-state index contributed by atoms with van der Waals surface area (Å²) in [5, 5.41) is 8.86. The monoisotopic (exact) mass is 465 g/mol. The summed E-state index contributed by atoms with van der Waals surface area (Å²) in [6, 6.07) is 0. The second-order valence-electron chi connectivity index (χ2n) is 7.28. The third-order valence-corrected chi connectivity index (χ3v) is 5.38. The Labute approximate surface area is 187 Å². The predicted octanol–water partition coefficient (Wildman–Crippen LogP) is 2.55. The number of aryl methyl sites for hydroxylation is 1. The first kappa shape index (κ1) is 21.5. The van der Waals surface area contributed by atoms with Gasteiger partial charge in [0.2, 0.25) is 5.89 Å². The van der Waals surface area contributed by atoms with Crippen LogP contribution in [0.15, 0.2) is 31.5 Å². The molecule has 164 valence electrons. The van der Waals surface area contributed by atoms with Crippen molar-refractivity contribution in [2.45, 2.75) is 58.7 Å². The van der Waals surface area contributed by atoms with Crippen molar-refractivity contribution in [3.05, 3.63) is 55.5 Å². The van der Waals surface area contributed by atoms with E-state index in [0.717, 1.165) is 12.8 Å². The fourth-order valence-electron chi connectivity index (χ4n) is 3.46. The van der Waals surface area contributed by atoms with Crippen LogP contribution in [0.3, 0.4) is 0 Å². The standard InChI is InChI=1S/C19H21Cl2N7O3/c1-2-3-6-27-17-13(8-14(21)23-17)18(29)28(19(27)30)7-4-5-16-24-15(25-31-16)11-26-10-12(20)9-22-26/h9-10H,2-8,11H2,1H3. The molecule has 0 atom stereocenters. The maximum atomic E-state index is 13.0. The van der Waals surface area contributed by atoms with Gasteiger partial charge in [-0.25, -0.2) is 9.79 Å². The van der Waals surface area contributed by atoms with Gasteiger partial charge in [0.15, 0.2) is 5.82 Å². The van der Waals surface area contributed by atoms with E-state index in [9.17, 15) is 9.59 Å². The normalized spacial score (nSPS) is 12.9. The number of hydrogen-bond acceptors (Lipinski definition) is 7. The van der Waals surface area contributed by atoms with Gasteiger partial charge in [-0.2, -0.15) is 10.1 Å². The van der Waals surface area contributed by atoms with E-state index in [4.69, 9.17) is 27.7 Å². The van der Waals surface area contributed by atoms with E-state index >= 15 is 0 Å². The Morgan fingerprint density at radius 3 is 2.71 bits per heavy atom. The molecule has 0 aromatic carbocycles. The zero-order chi connectivity index (χ0) is 22.0. The molecule has 0 aliphatic carbocycles. The van der Waals surface area contributed by atoms with Crippen molar-refractivity contribution >= 4 is 34.2 Å². The highest BCUT2D eigenvalue weighted by Crippen LogP contribution is 2.24. The molecular weight excluding hydrogens is 445 g/mol. The van der Waals surface area contributed by atoms with Gasteiger partial charge in [-0.3, -0.25) is 18.6 Å². The molecule has 0 saturated heterocycles. The van der Waals surface area contributed by atoms with Crippen LogP contribution in [-0.2, 0) is 32.5 Å². The summed E-state index contributed by atoms with van der Waals surface area (Å²) < 4.78 is 9.67. The van der Waals surface area contributed by atoms with E-state index < -0.39 is 0 Å². The molecule has 3 aromatic heterocycles. The fourth-order valence-corrected chi connectivity index (χ4v) is 3.83. The third kappa shape index (κ3) is 4.64. The van der Waals surface area contributed by atoms with Crippen LogP contribution in [0.25, 0.3) is 0 Å². The Kier molecular flexibility index (Phi) is 6.38. The zero-order valence-corrected chi connectivity index (χ0v) is 18.4. The average molecular weight is 466 g/mol. The van der Waals surface area contributed by atoms with Gasteiger partial charge in [-0.05, 0) is 12.8 Å². The molecular formula is C19H21Cl2N7O3. The number of hydrogen-bond donors (Lipinski definition) is 0. The molecule has 0 N–H and O–H groups in total. The Hall–Kier alpha value is -2.72. The molecule has 3 aromatic rings. The van der Waals surface area contributed by atoms with Gasteiger partial charge in [-0.15, -0.1) is 0 Å². The number of aliphatic imine (C=N–C) groups is 1. The predicted molar refractivity (Wildman–Crippen MR) is 115 cm³/mol. The second kappa shape index (κ2) is 9.19. The van der Waals surface area contributed by atoms with Gasteiger partial charge in [0.05, 0.1) is 16.8 Å². The van der Waals surface area contributed by atoms with Crippen molar-refractivity contribution < 1.29 is 4.52 Å². The minimum atomic E-state index is -0.367. The molecule has 0 fully saturated rings. The highest BCUT2D eigenvalue weighted by atomic mass is 35.5. The zero-order valence-electron chi connectivity index (χ0n) is 16.9. The van der Waals surface area contributed by atoms with Crippen LogP contribution in [0.5, 0.6) is 0 Å². The number of rotatable bonds is 9. The first-order chi connectivity index (χ1) is 15.0. The highest BCUT2D eigenvalue weighted by Gasteiger charge is 2.24. The van der Waals surface area contributed by atoms with Crippen molar-refractivity contribution in [1.82, 2.24) is 29.1 Å². The minimum absolute atomic E-state index is 0.237. The maximum absolute atomic E-state index is 13.0. The molecule has 0 amide bonds. The van der Waals surface area contributed by atoms with E-state index in [-0.39, 0.29) is 24.2 Å². The number of fused-ring (bicyclic) bond motifs is 1. The Morgan fingerprint density at radius 2 is 1.97 bits per heavy atom. The van der Waals surface area contributed by atoms with Gasteiger partial charge < -0.3 is 4.52 Å². The number of nitrogens with zero attached hydrogens (tertiary/aromatic N) is 7. The average Bonchev–Trinajstić information content (AvgIpc) is 3.45. The first-order valence-electron chi connectivity index (χ1n) is 10.0. The molecule has 0 bridgehead atoms. The molecule has 0 spiro atoms. The maximum Gasteiger partial charge on any atom is 0.332 e. The number of halogens is 2.